The van der Waals surface area contributed by atoms with E-state index in [1.165, 1.54) is 24.9 Å². The van der Waals surface area contributed by atoms with Crippen LogP contribution >= 0.6 is 0 Å². The predicted octanol–water partition coefficient (Wildman–Crippen LogP) is 4.55. The molecule has 2 aromatic carbocycles. The van der Waals surface area contributed by atoms with E-state index in [0.717, 1.165) is 72.4 Å². The minimum absolute atomic E-state index is 0.0637. The second-order valence-corrected chi connectivity index (χ2v) is 10.6. The van der Waals surface area contributed by atoms with E-state index < -0.39 is 0 Å². The number of nitrogens with one attached hydrogen (secondary N) is 1. The quantitative estimate of drug-likeness (QED) is 0.436. The van der Waals surface area contributed by atoms with Crippen LogP contribution < -0.4 is 10.5 Å². The van der Waals surface area contributed by atoms with Crippen LogP contribution in [0.2, 0.25) is 0 Å². The average molecular weight is 498 g/mol. The van der Waals surface area contributed by atoms with Gasteiger partial charge in [-0.15, -0.1) is 5.10 Å². The Labute approximate surface area is 217 Å². The number of rotatable bonds is 5. The number of benzene rings is 2. The number of piperazine rings is 1. The number of nitrogens with zero attached hydrogens (tertiary/aromatic N) is 6. The third-order valence-electron chi connectivity index (χ3n) is 8.12. The number of aromatic amines is 1. The summed E-state index contributed by atoms with van der Waals surface area (Å²) in [5, 5.41) is 14.3. The van der Waals surface area contributed by atoms with E-state index in [1.807, 2.05) is 10.7 Å². The van der Waals surface area contributed by atoms with Crippen molar-refractivity contribution in [3.8, 4) is 0 Å². The molecule has 1 atom stereocenters. The number of hydrogen-bond acceptors (Lipinski definition) is 6. The molecular formula is C29H35N7O. The first-order valence-electron chi connectivity index (χ1n) is 13.5. The molecule has 192 valence electrons. The molecule has 1 aliphatic carbocycles. The van der Waals surface area contributed by atoms with Crippen LogP contribution in [0.3, 0.4) is 0 Å². The minimum Gasteiger partial charge on any atom is -0.369 e. The van der Waals surface area contributed by atoms with Gasteiger partial charge in [0, 0.05) is 48.3 Å². The van der Waals surface area contributed by atoms with Gasteiger partial charge in [0.25, 0.3) is 5.56 Å². The Kier molecular flexibility index (Phi) is 6.50. The maximum absolute atomic E-state index is 13.6. The van der Waals surface area contributed by atoms with Gasteiger partial charge in [-0.1, -0.05) is 43.5 Å². The van der Waals surface area contributed by atoms with Gasteiger partial charge in [-0.3, -0.25) is 9.69 Å². The summed E-state index contributed by atoms with van der Waals surface area (Å²) in [4.78, 5) is 21.6. The first-order valence-corrected chi connectivity index (χ1v) is 13.5. The minimum atomic E-state index is -0.302. The highest BCUT2D eigenvalue weighted by atomic mass is 16.1. The van der Waals surface area contributed by atoms with Gasteiger partial charge < -0.3 is 9.88 Å². The third kappa shape index (κ3) is 4.66. The zero-order valence-corrected chi connectivity index (χ0v) is 21.7. The normalized spacial score (nSPS) is 18.4. The highest BCUT2D eigenvalue weighted by molar-refractivity contribution is 5.83. The van der Waals surface area contributed by atoms with Gasteiger partial charge in [0.2, 0.25) is 0 Å². The van der Waals surface area contributed by atoms with Crippen molar-refractivity contribution in [3.63, 3.8) is 0 Å². The smallest absolute Gasteiger partial charge is 0.253 e. The molecule has 8 nitrogen and oxygen atoms in total. The van der Waals surface area contributed by atoms with Crippen LogP contribution in [0.5, 0.6) is 0 Å². The number of pyridine rings is 1. The summed E-state index contributed by atoms with van der Waals surface area (Å²) in [7, 11) is 0. The lowest BCUT2D eigenvalue weighted by Crippen LogP contribution is -2.49. The van der Waals surface area contributed by atoms with E-state index in [1.54, 1.807) is 0 Å². The number of H-pyrrole nitrogens is 1. The number of aromatic nitrogens is 5. The molecule has 1 aliphatic heterocycles. The summed E-state index contributed by atoms with van der Waals surface area (Å²) < 4.78 is 2.03. The first kappa shape index (κ1) is 23.9. The van der Waals surface area contributed by atoms with Crippen molar-refractivity contribution in [1.29, 1.82) is 0 Å². The summed E-state index contributed by atoms with van der Waals surface area (Å²) in [5.41, 5.74) is 5.08. The number of fused-ring (bicyclic) bond motifs is 1. The van der Waals surface area contributed by atoms with Crippen LogP contribution in [0.4, 0.5) is 5.69 Å². The van der Waals surface area contributed by atoms with Crippen LogP contribution in [0.15, 0.2) is 53.3 Å². The molecule has 8 heteroatoms. The fourth-order valence-corrected chi connectivity index (χ4v) is 6.23. The molecule has 3 heterocycles. The fourth-order valence-electron chi connectivity index (χ4n) is 6.23. The van der Waals surface area contributed by atoms with E-state index in [0.29, 0.717) is 0 Å². The Bertz CT molecular complexity index is 1430. The van der Waals surface area contributed by atoms with Gasteiger partial charge in [0.1, 0.15) is 6.04 Å². The molecule has 0 unspecified atom stereocenters. The standard InChI is InChI=1S/C29H35N7O/c1-20-17-21(2)24-19-25(29(37)30-26(24)18-20)27(28-31-32-33-36(28)23-11-7-4-8-12-23)35-15-13-34(14-16-35)22-9-5-3-6-10-22/h3,5-6,9-10,17-19,23,27H,4,7-8,11-16H2,1-2H3,(H,30,37)/t27-/m0/s1. The second-order valence-electron chi connectivity index (χ2n) is 10.6. The maximum atomic E-state index is 13.6. The van der Waals surface area contributed by atoms with Crippen LogP contribution in [0.1, 0.15) is 66.7 Å². The van der Waals surface area contributed by atoms with E-state index in [9.17, 15) is 4.79 Å². The van der Waals surface area contributed by atoms with Gasteiger partial charge >= 0.3 is 0 Å². The summed E-state index contributed by atoms with van der Waals surface area (Å²) in [6.07, 6.45) is 5.82. The molecule has 0 amide bonds. The van der Waals surface area contributed by atoms with Crippen molar-refractivity contribution in [1.82, 2.24) is 30.1 Å². The van der Waals surface area contributed by atoms with Gasteiger partial charge in [-0.25, -0.2) is 4.68 Å². The molecule has 4 aromatic rings. The number of anilines is 1. The number of hydrogen-bond donors (Lipinski definition) is 1. The molecule has 2 fully saturated rings. The number of tetrazole rings is 1. The molecule has 0 radical (unpaired) electrons. The Morgan fingerprint density at radius 3 is 2.46 bits per heavy atom. The van der Waals surface area contributed by atoms with Crippen molar-refractivity contribution in [3.05, 3.63) is 81.4 Å². The van der Waals surface area contributed by atoms with Crippen LogP contribution in [-0.2, 0) is 0 Å². The van der Waals surface area contributed by atoms with Gasteiger partial charge in [-0.2, -0.15) is 0 Å². The van der Waals surface area contributed by atoms with Gasteiger partial charge in [-0.05, 0) is 72.5 Å². The zero-order chi connectivity index (χ0) is 25.4. The average Bonchev–Trinajstić information content (AvgIpc) is 3.40. The zero-order valence-electron chi connectivity index (χ0n) is 21.7. The van der Waals surface area contributed by atoms with Crippen molar-refractivity contribution in [2.24, 2.45) is 0 Å². The van der Waals surface area contributed by atoms with Crippen LogP contribution in [0.25, 0.3) is 10.9 Å². The van der Waals surface area contributed by atoms with Gasteiger partial charge in [0.15, 0.2) is 5.82 Å². The topological polar surface area (TPSA) is 82.9 Å². The molecule has 0 bridgehead atoms. The lowest BCUT2D eigenvalue weighted by atomic mass is 9.94. The molecule has 0 spiro atoms. The predicted molar refractivity (Wildman–Crippen MR) is 146 cm³/mol. The van der Waals surface area contributed by atoms with E-state index in [-0.39, 0.29) is 17.6 Å². The summed E-state index contributed by atoms with van der Waals surface area (Å²) in [6, 6.07) is 16.8. The molecular weight excluding hydrogens is 462 g/mol. The molecule has 37 heavy (non-hydrogen) atoms. The van der Waals surface area contributed by atoms with Crippen molar-refractivity contribution in [2.45, 2.75) is 58.0 Å². The van der Waals surface area contributed by atoms with Gasteiger partial charge in [0.05, 0.1) is 6.04 Å². The molecule has 2 aliphatic rings. The number of aryl methyl sites for hydroxylation is 2. The van der Waals surface area contributed by atoms with E-state index in [4.69, 9.17) is 0 Å². The molecule has 1 saturated carbocycles. The SMILES string of the molecule is Cc1cc(C)c2cc([C@@H](c3nnnn3C3CCCCC3)N3CCN(c4ccccc4)CC3)c(=O)[nH]c2c1. The molecule has 6 rings (SSSR count). The van der Waals surface area contributed by atoms with Crippen LogP contribution in [0, 0.1) is 13.8 Å². The molecule has 1 saturated heterocycles. The summed E-state index contributed by atoms with van der Waals surface area (Å²) >= 11 is 0. The fraction of sp³-hybridized carbons (Fsp3) is 0.448. The highest BCUT2D eigenvalue weighted by Gasteiger charge is 2.34. The Morgan fingerprint density at radius 2 is 1.70 bits per heavy atom. The second kappa shape index (κ2) is 10.1. The Hall–Kier alpha value is -3.52. The molecule has 1 N–H and O–H groups in total. The van der Waals surface area contributed by atoms with Crippen molar-refractivity contribution >= 4 is 16.6 Å². The first-order chi connectivity index (χ1) is 18.1. The lowest BCUT2D eigenvalue weighted by molar-refractivity contribution is 0.192. The van der Waals surface area contributed by atoms with E-state index in [2.05, 4.69) is 86.6 Å². The Morgan fingerprint density at radius 1 is 0.946 bits per heavy atom. The Balaban J connectivity index is 1.41. The lowest BCUT2D eigenvalue weighted by Gasteiger charge is -2.40. The molecule has 2 aromatic heterocycles. The van der Waals surface area contributed by atoms with Crippen LogP contribution in [-0.4, -0.2) is 56.3 Å². The van der Waals surface area contributed by atoms with Crippen molar-refractivity contribution in [2.75, 3.05) is 31.1 Å². The third-order valence-corrected chi connectivity index (χ3v) is 8.12. The number of para-hydroxylation sites is 1. The van der Waals surface area contributed by atoms with E-state index >= 15 is 0 Å². The summed E-state index contributed by atoms with van der Waals surface area (Å²) in [5.74, 6) is 0.787. The maximum Gasteiger partial charge on any atom is 0.253 e. The summed E-state index contributed by atoms with van der Waals surface area (Å²) in [6.45, 7) is 7.58. The highest BCUT2D eigenvalue weighted by Crippen LogP contribution is 2.34. The largest absolute Gasteiger partial charge is 0.369 e. The monoisotopic (exact) mass is 497 g/mol. The van der Waals surface area contributed by atoms with Crippen molar-refractivity contribution < 1.29 is 0 Å².